The van der Waals surface area contributed by atoms with E-state index in [-0.39, 0.29) is 11.0 Å². The summed E-state index contributed by atoms with van der Waals surface area (Å²) in [6.07, 6.45) is 12.5. The Morgan fingerprint density at radius 3 is 2.89 bits per heavy atom. The van der Waals surface area contributed by atoms with E-state index in [0.29, 0.717) is 0 Å². The number of rotatable bonds is 7. The molecule has 2 fully saturated rings. The van der Waals surface area contributed by atoms with Crippen molar-refractivity contribution in [2.75, 3.05) is 19.4 Å². The van der Waals surface area contributed by atoms with Crippen LogP contribution in [0.25, 0.3) is 0 Å². The number of nitrogens with zero attached hydrogens (tertiary/aromatic N) is 1. The van der Waals surface area contributed by atoms with Crippen molar-refractivity contribution in [3.63, 3.8) is 0 Å². The highest BCUT2D eigenvalue weighted by molar-refractivity contribution is 7.98. The Hall–Kier alpha value is -0.880. The molecule has 5 heteroatoms. The van der Waals surface area contributed by atoms with Crippen LogP contribution in [-0.2, 0) is 16.7 Å². The van der Waals surface area contributed by atoms with Gasteiger partial charge in [-0.3, -0.25) is 4.98 Å². The van der Waals surface area contributed by atoms with Gasteiger partial charge in [0, 0.05) is 40.2 Å². The van der Waals surface area contributed by atoms with Crippen LogP contribution in [0.2, 0.25) is 0 Å². The molecular weight excluding hydrogens is 372 g/mol. The van der Waals surface area contributed by atoms with Gasteiger partial charge in [-0.05, 0) is 68.5 Å². The van der Waals surface area contributed by atoms with Crippen LogP contribution >= 0.6 is 23.1 Å². The van der Waals surface area contributed by atoms with Crippen molar-refractivity contribution in [2.24, 2.45) is 0 Å². The summed E-state index contributed by atoms with van der Waals surface area (Å²) < 4.78 is 6.35. The highest BCUT2D eigenvalue weighted by Crippen LogP contribution is 2.49. The standard InChI is InChI=1S/C22H30N2OS2/c1-26-18-7-15-27-19(18)16-23-13-10-21(20-6-2-5-12-24-20)11-14-25-22(17-21)8-3-4-9-22/h2,5-7,12,15,23H,3-4,8-11,13-14,16-17H2,1H3. The molecule has 0 radical (unpaired) electrons. The molecule has 1 aliphatic carbocycles. The third kappa shape index (κ3) is 4.26. The van der Waals surface area contributed by atoms with Crippen molar-refractivity contribution in [3.05, 3.63) is 46.4 Å². The van der Waals surface area contributed by atoms with E-state index >= 15 is 0 Å². The summed E-state index contributed by atoms with van der Waals surface area (Å²) in [7, 11) is 0. The van der Waals surface area contributed by atoms with Crippen LogP contribution in [0.3, 0.4) is 0 Å². The Bertz CT molecular complexity index is 727. The normalized spacial score (nSPS) is 24.5. The Morgan fingerprint density at radius 2 is 2.11 bits per heavy atom. The van der Waals surface area contributed by atoms with E-state index in [0.717, 1.165) is 39.0 Å². The van der Waals surface area contributed by atoms with Gasteiger partial charge in [-0.15, -0.1) is 23.1 Å². The summed E-state index contributed by atoms with van der Waals surface area (Å²) in [6.45, 7) is 2.87. The van der Waals surface area contributed by atoms with Gasteiger partial charge in [0.1, 0.15) is 0 Å². The minimum Gasteiger partial charge on any atom is -0.375 e. The first-order valence-corrected chi connectivity index (χ1v) is 12.2. The fourth-order valence-electron chi connectivity index (χ4n) is 4.97. The summed E-state index contributed by atoms with van der Waals surface area (Å²) in [5.41, 5.74) is 1.52. The van der Waals surface area contributed by atoms with Crippen LogP contribution in [-0.4, -0.2) is 30.0 Å². The van der Waals surface area contributed by atoms with Crippen LogP contribution in [0.15, 0.2) is 40.7 Å². The van der Waals surface area contributed by atoms with E-state index < -0.39 is 0 Å². The van der Waals surface area contributed by atoms with E-state index in [9.17, 15) is 0 Å². The van der Waals surface area contributed by atoms with Gasteiger partial charge in [0.05, 0.1) is 5.60 Å². The summed E-state index contributed by atoms with van der Waals surface area (Å²) in [4.78, 5) is 7.66. The van der Waals surface area contributed by atoms with Crippen molar-refractivity contribution in [2.45, 2.75) is 67.4 Å². The Labute approximate surface area is 171 Å². The van der Waals surface area contributed by atoms with Gasteiger partial charge in [0.2, 0.25) is 0 Å². The van der Waals surface area contributed by atoms with Gasteiger partial charge < -0.3 is 10.1 Å². The van der Waals surface area contributed by atoms with Crippen molar-refractivity contribution >= 4 is 23.1 Å². The second-order valence-electron chi connectivity index (χ2n) is 8.00. The maximum absolute atomic E-state index is 6.35. The molecule has 3 nitrogen and oxygen atoms in total. The molecule has 1 N–H and O–H groups in total. The minimum atomic E-state index is 0.107. The van der Waals surface area contributed by atoms with Crippen LogP contribution in [0.4, 0.5) is 0 Å². The van der Waals surface area contributed by atoms with Gasteiger partial charge in [-0.2, -0.15) is 0 Å². The molecule has 1 saturated heterocycles. The number of thiophene rings is 1. The first kappa shape index (κ1) is 19.4. The predicted molar refractivity (Wildman–Crippen MR) is 115 cm³/mol. The molecule has 146 valence electrons. The Balaban J connectivity index is 1.46. The molecule has 1 saturated carbocycles. The maximum Gasteiger partial charge on any atom is 0.0691 e. The van der Waals surface area contributed by atoms with E-state index in [1.54, 1.807) is 0 Å². The second-order valence-corrected chi connectivity index (χ2v) is 9.85. The highest BCUT2D eigenvalue weighted by atomic mass is 32.2. The van der Waals surface area contributed by atoms with Crippen LogP contribution < -0.4 is 5.32 Å². The fourth-order valence-corrected chi connectivity index (χ4v) is 6.69. The molecule has 1 aliphatic heterocycles. The fraction of sp³-hybridized carbons (Fsp3) is 0.591. The largest absolute Gasteiger partial charge is 0.375 e. The van der Waals surface area contributed by atoms with E-state index in [2.05, 4.69) is 35.2 Å². The van der Waals surface area contributed by atoms with E-state index in [1.165, 1.54) is 41.1 Å². The summed E-state index contributed by atoms with van der Waals surface area (Å²) in [6, 6.07) is 8.63. The molecule has 2 aliphatic rings. The lowest BCUT2D eigenvalue weighted by atomic mass is 9.68. The SMILES string of the molecule is CSc1ccsc1CNCCC1(c2ccccn2)CCOC2(CCCC2)C1. The molecule has 1 spiro atoms. The molecular formula is C22H30N2OS2. The zero-order valence-electron chi connectivity index (χ0n) is 16.2. The zero-order valence-corrected chi connectivity index (χ0v) is 17.8. The molecule has 3 heterocycles. The zero-order chi connectivity index (χ0) is 18.6. The number of thioether (sulfide) groups is 1. The first-order chi connectivity index (χ1) is 13.3. The number of pyridine rings is 1. The van der Waals surface area contributed by atoms with Crippen molar-refractivity contribution < 1.29 is 4.74 Å². The Kier molecular flexibility index (Phi) is 6.22. The summed E-state index contributed by atoms with van der Waals surface area (Å²) in [5.74, 6) is 0. The van der Waals surface area contributed by atoms with Gasteiger partial charge in [-0.1, -0.05) is 18.9 Å². The molecule has 2 aromatic rings. The van der Waals surface area contributed by atoms with Crippen LogP contribution in [0.5, 0.6) is 0 Å². The monoisotopic (exact) mass is 402 g/mol. The van der Waals surface area contributed by atoms with E-state index in [1.807, 2.05) is 35.4 Å². The van der Waals surface area contributed by atoms with Gasteiger partial charge >= 0.3 is 0 Å². The number of nitrogens with one attached hydrogen (secondary N) is 1. The highest BCUT2D eigenvalue weighted by Gasteiger charge is 2.48. The number of aromatic nitrogens is 1. The summed E-state index contributed by atoms with van der Waals surface area (Å²) >= 11 is 3.70. The third-order valence-corrected chi connectivity index (χ3v) is 8.24. The maximum atomic E-state index is 6.35. The van der Waals surface area contributed by atoms with Crippen molar-refractivity contribution in [1.29, 1.82) is 0 Å². The Morgan fingerprint density at radius 1 is 1.22 bits per heavy atom. The molecule has 0 aromatic carbocycles. The summed E-state index contributed by atoms with van der Waals surface area (Å²) in [5, 5.41) is 5.91. The topological polar surface area (TPSA) is 34.2 Å². The van der Waals surface area contributed by atoms with Gasteiger partial charge in [0.25, 0.3) is 0 Å². The van der Waals surface area contributed by atoms with Crippen LogP contribution in [0.1, 0.15) is 55.5 Å². The average Bonchev–Trinajstić information content (AvgIpc) is 3.35. The number of hydrogen-bond donors (Lipinski definition) is 1. The predicted octanol–water partition coefficient (Wildman–Crippen LogP) is 5.41. The smallest absolute Gasteiger partial charge is 0.0691 e. The molecule has 27 heavy (non-hydrogen) atoms. The lowest BCUT2D eigenvalue weighted by Gasteiger charge is -2.46. The molecule has 0 bridgehead atoms. The van der Waals surface area contributed by atoms with E-state index in [4.69, 9.17) is 9.72 Å². The third-order valence-electron chi connectivity index (χ3n) is 6.36. The molecule has 1 atom stereocenters. The number of ether oxygens (including phenoxy) is 1. The number of hydrogen-bond acceptors (Lipinski definition) is 5. The van der Waals surface area contributed by atoms with Crippen molar-refractivity contribution in [3.8, 4) is 0 Å². The second kappa shape index (κ2) is 8.64. The van der Waals surface area contributed by atoms with Gasteiger partial charge in [0.15, 0.2) is 0 Å². The molecule has 0 amide bonds. The quantitative estimate of drug-likeness (QED) is 0.496. The van der Waals surface area contributed by atoms with Crippen molar-refractivity contribution in [1.82, 2.24) is 10.3 Å². The lowest BCUT2D eigenvalue weighted by Crippen LogP contribution is -2.47. The lowest BCUT2D eigenvalue weighted by molar-refractivity contribution is -0.104. The molecule has 2 aromatic heterocycles. The van der Waals surface area contributed by atoms with Gasteiger partial charge in [-0.25, -0.2) is 0 Å². The molecule has 1 unspecified atom stereocenters. The van der Waals surface area contributed by atoms with Crippen LogP contribution in [0, 0.1) is 0 Å². The minimum absolute atomic E-state index is 0.107. The first-order valence-electron chi connectivity index (χ1n) is 10.1. The average molecular weight is 403 g/mol. The molecule has 4 rings (SSSR count).